The Morgan fingerprint density at radius 1 is 1.23 bits per heavy atom. The predicted octanol–water partition coefficient (Wildman–Crippen LogP) is 3.98. The van der Waals surface area contributed by atoms with Crippen LogP contribution in [0.2, 0.25) is 0 Å². The summed E-state index contributed by atoms with van der Waals surface area (Å²) in [7, 11) is 0. The molecule has 2 unspecified atom stereocenters. The minimum absolute atomic E-state index is 0.0587. The Bertz CT molecular complexity index is 675. The van der Waals surface area contributed by atoms with Crippen LogP contribution < -0.4 is 0 Å². The third kappa shape index (κ3) is 5.36. The van der Waals surface area contributed by atoms with Crippen molar-refractivity contribution in [2.75, 3.05) is 13.1 Å². The van der Waals surface area contributed by atoms with Gasteiger partial charge in [-0.05, 0) is 38.5 Å². The van der Waals surface area contributed by atoms with Crippen LogP contribution in [-0.2, 0) is 22.3 Å². The summed E-state index contributed by atoms with van der Waals surface area (Å²) in [6.45, 7) is 5.71. The fraction of sp³-hybridized carbons (Fsp3) is 0.556. The molecule has 1 aromatic carbocycles. The molecule has 1 heterocycles. The molecule has 0 aromatic heterocycles. The topological polar surface area (TPSA) is 62.6 Å². The van der Waals surface area contributed by atoms with Crippen LogP contribution in [0.4, 0.5) is 18.0 Å². The van der Waals surface area contributed by atoms with E-state index < -0.39 is 35.5 Å². The average Bonchev–Trinajstić information content (AvgIpc) is 2.94. The van der Waals surface area contributed by atoms with Crippen molar-refractivity contribution in [2.24, 2.45) is 5.92 Å². The molecule has 1 aliphatic rings. The van der Waals surface area contributed by atoms with E-state index in [4.69, 9.17) is 9.47 Å². The molecule has 1 fully saturated rings. The van der Waals surface area contributed by atoms with E-state index >= 15 is 0 Å². The van der Waals surface area contributed by atoms with Crippen LogP contribution in [0.1, 0.15) is 31.9 Å². The number of nitriles is 1. The van der Waals surface area contributed by atoms with Gasteiger partial charge in [0.1, 0.15) is 5.60 Å². The minimum Gasteiger partial charge on any atom is -0.444 e. The summed E-state index contributed by atoms with van der Waals surface area (Å²) in [4.78, 5) is 13.5. The summed E-state index contributed by atoms with van der Waals surface area (Å²) in [6, 6.07) is 6.76. The van der Waals surface area contributed by atoms with Gasteiger partial charge in [-0.1, -0.05) is 12.1 Å². The zero-order valence-electron chi connectivity index (χ0n) is 14.8. The van der Waals surface area contributed by atoms with Gasteiger partial charge in [0, 0.05) is 6.54 Å². The van der Waals surface area contributed by atoms with Gasteiger partial charge < -0.3 is 14.4 Å². The van der Waals surface area contributed by atoms with E-state index in [9.17, 15) is 23.2 Å². The molecule has 1 saturated heterocycles. The van der Waals surface area contributed by atoms with Crippen molar-refractivity contribution < 1.29 is 27.4 Å². The highest BCUT2D eigenvalue weighted by Crippen LogP contribution is 2.29. The third-order valence-corrected chi connectivity index (χ3v) is 3.83. The van der Waals surface area contributed by atoms with Crippen molar-refractivity contribution >= 4 is 6.09 Å². The zero-order valence-corrected chi connectivity index (χ0v) is 14.8. The number of rotatable bonds is 3. The summed E-state index contributed by atoms with van der Waals surface area (Å²) < 4.78 is 48.7. The highest BCUT2D eigenvalue weighted by atomic mass is 19.4. The quantitative estimate of drug-likeness (QED) is 0.807. The fourth-order valence-corrected chi connectivity index (χ4v) is 2.54. The van der Waals surface area contributed by atoms with Gasteiger partial charge in [0.15, 0.2) is 0 Å². The van der Waals surface area contributed by atoms with E-state index in [-0.39, 0.29) is 19.7 Å². The normalized spacial score (nSPS) is 20.7. The van der Waals surface area contributed by atoms with Gasteiger partial charge in [-0.2, -0.15) is 18.4 Å². The third-order valence-electron chi connectivity index (χ3n) is 3.83. The van der Waals surface area contributed by atoms with Gasteiger partial charge in [-0.3, -0.25) is 0 Å². The maximum Gasteiger partial charge on any atom is 0.416 e. The van der Waals surface area contributed by atoms with Crippen LogP contribution in [0.15, 0.2) is 24.3 Å². The number of benzene rings is 1. The molecular formula is C18H21F3N2O3. The van der Waals surface area contributed by atoms with Gasteiger partial charge in [0.05, 0.1) is 36.8 Å². The lowest BCUT2D eigenvalue weighted by Gasteiger charge is -2.24. The van der Waals surface area contributed by atoms with E-state index in [2.05, 4.69) is 6.07 Å². The smallest absolute Gasteiger partial charge is 0.416 e. The number of likely N-dealkylation sites (tertiary alicyclic amines) is 1. The van der Waals surface area contributed by atoms with Crippen molar-refractivity contribution in [3.05, 3.63) is 35.4 Å². The maximum atomic E-state index is 12.6. The lowest BCUT2D eigenvalue weighted by Crippen LogP contribution is -2.36. The lowest BCUT2D eigenvalue weighted by molar-refractivity contribution is -0.137. The predicted molar refractivity (Wildman–Crippen MR) is 86.9 cm³/mol. The second kappa shape index (κ2) is 7.54. The Balaban J connectivity index is 1.94. The maximum absolute atomic E-state index is 12.6. The first kappa shape index (κ1) is 20.0. The number of hydrogen-bond donors (Lipinski definition) is 0. The van der Waals surface area contributed by atoms with E-state index in [1.807, 2.05) is 0 Å². The van der Waals surface area contributed by atoms with E-state index in [0.717, 1.165) is 12.1 Å². The van der Waals surface area contributed by atoms with Crippen LogP contribution in [0.5, 0.6) is 0 Å². The number of nitrogens with zero attached hydrogens (tertiary/aromatic N) is 2. The molecule has 2 atom stereocenters. The molecule has 1 aliphatic heterocycles. The first-order chi connectivity index (χ1) is 12.0. The standard InChI is InChI=1S/C18H21F3N2O3/c1-17(2,3)26-16(24)23-9-13(8-22)15(10-23)25-11-12-4-6-14(7-5-12)18(19,20)21/h4-7,13,15H,9-11H2,1-3H3. The van der Waals surface area contributed by atoms with Crippen LogP contribution >= 0.6 is 0 Å². The van der Waals surface area contributed by atoms with Crippen molar-refractivity contribution in [1.29, 1.82) is 5.26 Å². The Kier molecular flexibility index (Phi) is 5.81. The summed E-state index contributed by atoms with van der Waals surface area (Å²) in [5.74, 6) is -0.517. The number of amides is 1. The van der Waals surface area contributed by atoms with Gasteiger partial charge in [0.2, 0.25) is 0 Å². The van der Waals surface area contributed by atoms with Gasteiger partial charge >= 0.3 is 12.3 Å². The molecule has 2 rings (SSSR count). The molecule has 142 valence electrons. The van der Waals surface area contributed by atoms with E-state index in [1.165, 1.54) is 17.0 Å². The molecule has 0 bridgehead atoms. The molecule has 0 aliphatic carbocycles. The molecule has 0 spiro atoms. The highest BCUT2D eigenvalue weighted by molar-refractivity contribution is 5.68. The molecule has 5 nitrogen and oxygen atoms in total. The van der Waals surface area contributed by atoms with Crippen LogP contribution in [0.3, 0.4) is 0 Å². The number of alkyl halides is 3. The summed E-state index contributed by atoms with van der Waals surface area (Å²) in [5, 5.41) is 9.26. The van der Waals surface area contributed by atoms with Gasteiger partial charge in [-0.25, -0.2) is 4.79 Å². The van der Waals surface area contributed by atoms with E-state index in [0.29, 0.717) is 5.56 Å². The Morgan fingerprint density at radius 2 is 1.85 bits per heavy atom. The molecule has 0 saturated carbocycles. The summed E-state index contributed by atoms with van der Waals surface area (Å²) in [6.07, 6.45) is -5.42. The fourth-order valence-electron chi connectivity index (χ4n) is 2.54. The van der Waals surface area contributed by atoms with Crippen molar-refractivity contribution in [2.45, 2.75) is 45.3 Å². The minimum atomic E-state index is -4.38. The Morgan fingerprint density at radius 3 is 2.35 bits per heavy atom. The second-order valence-corrected chi connectivity index (χ2v) is 7.17. The molecular weight excluding hydrogens is 349 g/mol. The number of halogens is 3. The number of carbonyl (C=O) groups excluding carboxylic acids is 1. The van der Waals surface area contributed by atoms with Crippen LogP contribution in [0.25, 0.3) is 0 Å². The first-order valence-electron chi connectivity index (χ1n) is 8.15. The number of hydrogen-bond acceptors (Lipinski definition) is 4. The van der Waals surface area contributed by atoms with Crippen molar-refractivity contribution in [3.8, 4) is 6.07 Å². The molecule has 0 radical (unpaired) electrons. The zero-order chi connectivity index (χ0) is 19.5. The van der Waals surface area contributed by atoms with Crippen molar-refractivity contribution in [1.82, 2.24) is 4.90 Å². The van der Waals surface area contributed by atoms with Crippen LogP contribution in [-0.4, -0.2) is 35.8 Å². The van der Waals surface area contributed by atoms with Crippen molar-refractivity contribution in [3.63, 3.8) is 0 Å². The molecule has 0 N–H and O–H groups in total. The van der Waals surface area contributed by atoms with Crippen LogP contribution in [0, 0.1) is 17.2 Å². The highest BCUT2D eigenvalue weighted by Gasteiger charge is 2.38. The Hall–Kier alpha value is -2.27. The summed E-state index contributed by atoms with van der Waals surface area (Å²) in [5.41, 5.74) is -0.809. The average molecular weight is 370 g/mol. The van der Waals surface area contributed by atoms with Gasteiger partial charge in [0.25, 0.3) is 0 Å². The van der Waals surface area contributed by atoms with E-state index in [1.54, 1.807) is 20.8 Å². The first-order valence-corrected chi connectivity index (χ1v) is 8.15. The second-order valence-electron chi connectivity index (χ2n) is 7.17. The molecule has 1 aromatic rings. The van der Waals surface area contributed by atoms with Gasteiger partial charge in [-0.15, -0.1) is 0 Å². The largest absolute Gasteiger partial charge is 0.444 e. The lowest BCUT2D eigenvalue weighted by atomic mass is 10.1. The Labute approximate surface area is 150 Å². The number of carbonyl (C=O) groups is 1. The monoisotopic (exact) mass is 370 g/mol. The molecule has 26 heavy (non-hydrogen) atoms. The SMILES string of the molecule is CC(C)(C)OC(=O)N1CC(C#N)C(OCc2ccc(C(F)(F)F)cc2)C1. The summed E-state index contributed by atoms with van der Waals surface area (Å²) >= 11 is 0. The molecule has 1 amide bonds. The number of ether oxygens (including phenoxy) is 2. The molecule has 8 heteroatoms.